The van der Waals surface area contributed by atoms with Crippen molar-refractivity contribution in [3.05, 3.63) is 0 Å². The van der Waals surface area contributed by atoms with Crippen molar-refractivity contribution in [2.45, 2.75) is 103 Å². The Morgan fingerprint density at radius 3 is 2.33 bits per heavy atom. The molecule has 3 amide bonds. The van der Waals surface area contributed by atoms with Crippen LogP contribution in [0.25, 0.3) is 0 Å². The lowest BCUT2D eigenvalue weighted by Gasteiger charge is -2.40. The van der Waals surface area contributed by atoms with Crippen molar-refractivity contribution in [3.63, 3.8) is 0 Å². The van der Waals surface area contributed by atoms with Gasteiger partial charge in [0.25, 0.3) is 0 Å². The van der Waals surface area contributed by atoms with Gasteiger partial charge in [0, 0.05) is 12.6 Å². The van der Waals surface area contributed by atoms with Gasteiger partial charge in [-0.2, -0.15) is 0 Å². The Hall–Kier alpha value is -1.67. The van der Waals surface area contributed by atoms with E-state index in [2.05, 4.69) is 31.4 Å². The molecule has 2 bridgehead atoms. The monoisotopic (exact) mass is 465 g/mol. The first-order chi connectivity index (χ1) is 15.1. The lowest BCUT2D eigenvalue weighted by Crippen LogP contribution is -2.61. The summed E-state index contributed by atoms with van der Waals surface area (Å²) in [5.41, 5.74) is -2.43. The predicted octanol–water partition coefficient (Wildman–Crippen LogP) is 1.85. The van der Waals surface area contributed by atoms with Crippen LogP contribution in [-0.4, -0.2) is 70.2 Å². The van der Waals surface area contributed by atoms with Crippen molar-refractivity contribution >= 4 is 17.7 Å². The Morgan fingerprint density at radius 1 is 1.24 bits per heavy atom. The molecule has 0 saturated carbocycles. The second-order valence-corrected chi connectivity index (χ2v) is 12.4. The van der Waals surface area contributed by atoms with Crippen molar-refractivity contribution in [1.82, 2.24) is 15.5 Å². The van der Waals surface area contributed by atoms with E-state index in [1.165, 1.54) is 4.90 Å². The third-order valence-corrected chi connectivity index (χ3v) is 8.04. The van der Waals surface area contributed by atoms with Crippen LogP contribution in [0, 0.1) is 23.2 Å². The van der Waals surface area contributed by atoms with Crippen LogP contribution in [0.2, 0.25) is 0 Å². The molecule has 8 nitrogen and oxygen atoms in total. The lowest BCUT2D eigenvalue weighted by atomic mass is 9.62. The molecule has 0 radical (unpaired) electrons. The van der Waals surface area contributed by atoms with Crippen molar-refractivity contribution in [3.8, 4) is 0 Å². The van der Waals surface area contributed by atoms with E-state index in [9.17, 15) is 19.5 Å². The van der Waals surface area contributed by atoms with Crippen LogP contribution < -0.4 is 10.6 Å². The first-order valence-corrected chi connectivity index (χ1v) is 12.3. The summed E-state index contributed by atoms with van der Waals surface area (Å²) in [6.07, 6.45) is 1.76. The minimum absolute atomic E-state index is 0.00381. The van der Waals surface area contributed by atoms with E-state index in [0.29, 0.717) is 12.8 Å². The number of hydrogen-bond acceptors (Lipinski definition) is 5. The molecule has 3 fully saturated rings. The molecule has 3 unspecified atom stereocenters. The molecule has 0 aromatic rings. The predicted molar refractivity (Wildman–Crippen MR) is 125 cm³/mol. The maximum atomic E-state index is 14.0. The summed E-state index contributed by atoms with van der Waals surface area (Å²) < 4.78 is 6.64. The maximum absolute atomic E-state index is 14.0. The molecule has 3 N–H and O–H groups in total. The maximum Gasteiger partial charge on any atom is 0.246 e. The first-order valence-electron chi connectivity index (χ1n) is 12.3. The van der Waals surface area contributed by atoms with E-state index in [0.717, 1.165) is 6.42 Å². The topological polar surface area (TPSA) is 108 Å². The number of likely N-dealkylation sites (tertiary alicyclic amines) is 1. The minimum Gasteiger partial charge on any atom is -0.394 e. The summed E-state index contributed by atoms with van der Waals surface area (Å²) in [7, 11) is 1.56. The SMILES string of the molecule is CC[C@@H](CO)N1C(=O)[C@@H]2[C@@H](C(=O)NC)[C@]3(C)OC2(CC3C)C1C(=O)NC(C)(C)CC(C)(C)C. The Labute approximate surface area is 198 Å². The zero-order valence-corrected chi connectivity index (χ0v) is 21.7. The highest BCUT2D eigenvalue weighted by Gasteiger charge is 2.80. The number of aliphatic hydroxyl groups excluding tert-OH is 1. The quantitative estimate of drug-likeness (QED) is 0.532. The van der Waals surface area contributed by atoms with Crippen LogP contribution in [0.4, 0.5) is 0 Å². The molecule has 1 spiro atoms. The first kappa shape index (κ1) is 25.9. The van der Waals surface area contributed by atoms with Gasteiger partial charge in [0.1, 0.15) is 11.6 Å². The van der Waals surface area contributed by atoms with Crippen LogP contribution in [0.1, 0.15) is 74.7 Å². The van der Waals surface area contributed by atoms with E-state index < -0.39 is 40.7 Å². The van der Waals surface area contributed by atoms with Crippen LogP contribution in [-0.2, 0) is 19.1 Å². The molecule has 0 aromatic heterocycles. The molecular weight excluding hydrogens is 422 g/mol. The number of nitrogens with one attached hydrogen (secondary N) is 2. The zero-order chi connectivity index (χ0) is 25.1. The molecule has 3 saturated heterocycles. The van der Waals surface area contributed by atoms with Gasteiger partial charge in [-0.05, 0) is 51.4 Å². The van der Waals surface area contributed by atoms with Crippen LogP contribution in [0.15, 0.2) is 0 Å². The minimum atomic E-state index is -1.09. The van der Waals surface area contributed by atoms with Crippen LogP contribution >= 0.6 is 0 Å². The number of amides is 3. The summed E-state index contributed by atoms with van der Waals surface area (Å²) in [5.74, 6) is -2.22. The second-order valence-electron chi connectivity index (χ2n) is 12.4. The van der Waals surface area contributed by atoms with Gasteiger partial charge in [0.15, 0.2) is 0 Å². The summed E-state index contributed by atoms with van der Waals surface area (Å²) in [6.45, 7) is 15.9. The average Bonchev–Trinajstić information content (AvgIpc) is 3.17. The smallest absolute Gasteiger partial charge is 0.246 e. The number of rotatable bonds is 7. The standard InChI is InChI=1S/C25H43N3O5/c1-10-15(12-29)28-18(20(31)27-23(6,7)13-22(3,4)5)25-11-14(2)24(8,33-25)16(19(30)26-9)17(25)21(28)32/h14-18,29H,10-13H2,1-9H3,(H,26,30)(H,27,31)/t14?,15-,16-,17-,18?,24+,25?/m0/s1. The number of ether oxygens (including phenoxy) is 1. The molecule has 0 aromatic carbocycles. The third-order valence-electron chi connectivity index (χ3n) is 8.04. The number of carbonyl (C=O) groups is 3. The molecule has 0 aliphatic carbocycles. The molecule has 3 rings (SSSR count). The van der Waals surface area contributed by atoms with Gasteiger partial charge in [-0.15, -0.1) is 0 Å². The number of hydrogen-bond donors (Lipinski definition) is 3. The van der Waals surface area contributed by atoms with Gasteiger partial charge in [-0.25, -0.2) is 0 Å². The Kier molecular flexibility index (Phi) is 6.46. The molecule has 3 aliphatic heterocycles. The molecule has 8 heteroatoms. The molecule has 7 atom stereocenters. The number of fused-ring (bicyclic) bond motifs is 1. The highest BCUT2D eigenvalue weighted by Crippen LogP contribution is 2.65. The van der Waals surface area contributed by atoms with Crippen molar-refractivity contribution in [2.24, 2.45) is 23.2 Å². The molecule has 33 heavy (non-hydrogen) atoms. The Bertz CT molecular complexity index is 817. The van der Waals surface area contributed by atoms with Crippen LogP contribution in [0.3, 0.4) is 0 Å². The van der Waals surface area contributed by atoms with Gasteiger partial charge < -0.3 is 25.4 Å². The Balaban J connectivity index is 2.09. The van der Waals surface area contributed by atoms with Gasteiger partial charge in [0.05, 0.1) is 30.1 Å². The fourth-order valence-corrected chi connectivity index (χ4v) is 7.11. The molecule has 188 valence electrons. The highest BCUT2D eigenvalue weighted by molar-refractivity contribution is 5.99. The largest absolute Gasteiger partial charge is 0.394 e. The normalized spacial score (nSPS) is 36.7. The van der Waals surface area contributed by atoms with E-state index in [1.807, 2.05) is 34.6 Å². The average molecular weight is 466 g/mol. The van der Waals surface area contributed by atoms with E-state index >= 15 is 0 Å². The zero-order valence-electron chi connectivity index (χ0n) is 21.7. The van der Waals surface area contributed by atoms with E-state index in [-0.39, 0.29) is 35.7 Å². The van der Waals surface area contributed by atoms with Crippen LogP contribution in [0.5, 0.6) is 0 Å². The lowest BCUT2D eigenvalue weighted by molar-refractivity contribution is -0.151. The number of aliphatic hydroxyl groups is 1. The van der Waals surface area contributed by atoms with Gasteiger partial charge in [-0.3, -0.25) is 14.4 Å². The molecule has 3 aliphatic rings. The Morgan fingerprint density at radius 2 is 1.85 bits per heavy atom. The number of nitrogens with zero attached hydrogens (tertiary/aromatic N) is 1. The van der Waals surface area contributed by atoms with Crippen molar-refractivity contribution < 1.29 is 24.2 Å². The fraction of sp³-hybridized carbons (Fsp3) is 0.880. The van der Waals surface area contributed by atoms with Gasteiger partial charge in [-0.1, -0.05) is 34.6 Å². The van der Waals surface area contributed by atoms with Crippen molar-refractivity contribution in [2.75, 3.05) is 13.7 Å². The summed E-state index contributed by atoms with van der Waals surface area (Å²) in [6, 6.07) is -1.42. The van der Waals surface area contributed by atoms with E-state index in [4.69, 9.17) is 4.74 Å². The molecular formula is C25H43N3O5. The summed E-state index contributed by atoms with van der Waals surface area (Å²) in [5, 5.41) is 16.0. The summed E-state index contributed by atoms with van der Waals surface area (Å²) >= 11 is 0. The van der Waals surface area contributed by atoms with Gasteiger partial charge >= 0.3 is 0 Å². The highest BCUT2D eigenvalue weighted by atomic mass is 16.5. The third kappa shape index (κ3) is 3.97. The van der Waals surface area contributed by atoms with Crippen molar-refractivity contribution in [1.29, 1.82) is 0 Å². The number of carbonyl (C=O) groups excluding carboxylic acids is 3. The second kappa shape index (κ2) is 8.22. The van der Waals surface area contributed by atoms with E-state index in [1.54, 1.807) is 7.05 Å². The van der Waals surface area contributed by atoms with Gasteiger partial charge in [0.2, 0.25) is 17.7 Å². The molecule has 3 heterocycles. The fourth-order valence-electron chi connectivity index (χ4n) is 7.11. The summed E-state index contributed by atoms with van der Waals surface area (Å²) in [4.78, 5) is 42.4.